The molecule has 152 valence electrons. The van der Waals surface area contributed by atoms with Gasteiger partial charge in [-0.15, -0.1) is 0 Å². The van der Waals surface area contributed by atoms with Gasteiger partial charge in [-0.1, -0.05) is 38.2 Å². The van der Waals surface area contributed by atoms with Crippen molar-refractivity contribution in [2.45, 2.75) is 89.0 Å². The zero-order valence-corrected chi connectivity index (χ0v) is 17.1. The van der Waals surface area contributed by atoms with Gasteiger partial charge < -0.3 is 21.3 Å². The summed E-state index contributed by atoms with van der Waals surface area (Å²) < 4.78 is 0. The quantitative estimate of drug-likeness (QED) is 0.475. The Hall–Kier alpha value is -1.01. The molecule has 0 amide bonds. The van der Waals surface area contributed by atoms with E-state index >= 15 is 0 Å². The van der Waals surface area contributed by atoms with Crippen LogP contribution in [0.5, 0.6) is 0 Å². The lowest BCUT2D eigenvalue weighted by Gasteiger charge is -2.33. The van der Waals surface area contributed by atoms with E-state index in [0.29, 0.717) is 18.1 Å². The Bertz CT molecular complexity index is 529. The molecule has 2 aliphatic rings. The highest BCUT2D eigenvalue weighted by Crippen LogP contribution is 2.19. The molecule has 4 N–H and O–H groups in total. The topological polar surface area (TPSA) is 61.0 Å². The fraction of sp³-hybridized carbons (Fsp3) is 0.773. The van der Waals surface area contributed by atoms with Gasteiger partial charge in [0.2, 0.25) is 0 Å². The number of pyridine rings is 1. The zero-order valence-electron chi connectivity index (χ0n) is 17.1. The highest BCUT2D eigenvalue weighted by molar-refractivity contribution is 5.11. The normalized spacial score (nSPS) is 24.2. The molecule has 0 saturated heterocycles. The minimum absolute atomic E-state index is 0.557. The zero-order chi connectivity index (χ0) is 18.7. The lowest BCUT2D eigenvalue weighted by molar-refractivity contribution is 0.282. The van der Waals surface area contributed by atoms with Gasteiger partial charge in [-0.05, 0) is 44.9 Å². The van der Waals surface area contributed by atoms with Gasteiger partial charge in [-0.2, -0.15) is 0 Å². The molecule has 2 saturated carbocycles. The minimum Gasteiger partial charge on any atom is -0.318 e. The smallest absolute Gasteiger partial charge is 0.0545 e. The Kier molecular flexibility index (Phi) is 9.01. The molecule has 1 aromatic heterocycles. The van der Waals surface area contributed by atoms with Gasteiger partial charge >= 0.3 is 0 Å². The number of hydrogen-bond donors (Lipinski definition) is 4. The van der Waals surface area contributed by atoms with Crippen molar-refractivity contribution in [3.8, 4) is 0 Å². The van der Waals surface area contributed by atoms with Gasteiger partial charge in [0.1, 0.15) is 0 Å². The molecule has 1 heterocycles. The number of likely N-dealkylation sites (N-methyl/N-ethyl adjacent to an activating group) is 1. The van der Waals surface area contributed by atoms with Crippen molar-refractivity contribution in [1.82, 2.24) is 26.3 Å². The minimum atomic E-state index is 0.557. The predicted molar refractivity (Wildman–Crippen MR) is 113 cm³/mol. The van der Waals surface area contributed by atoms with Crippen molar-refractivity contribution in [3.05, 3.63) is 29.6 Å². The Labute approximate surface area is 165 Å². The van der Waals surface area contributed by atoms with Crippen molar-refractivity contribution in [3.63, 3.8) is 0 Å². The second-order valence-corrected chi connectivity index (χ2v) is 8.27. The van der Waals surface area contributed by atoms with E-state index in [1.807, 2.05) is 7.05 Å². The molecular formula is C22H39N5. The number of hydrogen-bond acceptors (Lipinski definition) is 5. The molecule has 5 heteroatoms. The van der Waals surface area contributed by atoms with Crippen LogP contribution in [0.1, 0.15) is 69.2 Å². The monoisotopic (exact) mass is 373 g/mol. The van der Waals surface area contributed by atoms with Gasteiger partial charge in [0.05, 0.1) is 11.4 Å². The summed E-state index contributed by atoms with van der Waals surface area (Å²) in [6.07, 6.45) is 12.0. The molecule has 0 unspecified atom stereocenters. The van der Waals surface area contributed by atoms with E-state index in [0.717, 1.165) is 31.9 Å². The molecule has 0 spiro atoms. The first-order valence-corrected chi connectivity index (χ1v) is 11.1. The van der Waals surface area contributed by atoms with Crippen molar-refractivity contribution in [2.24, 2.45) is 0 Å². The third kappa shape index (κ3) is 7.15. The van der Waals surface area contributed by atoms with E-state index < -0.39 is 0 Å². The maximum absolute atomic E-state index is 4.89. The lowest BCUT2D eigenvalue weighted by Crippen LogP contribution is -2.50. The summed E-state index contributed by atoms with van der Waals surface area (Å²) in [5, 5.41) is 14.4. The van der Waals surface area contributed by atoms with E-state index in [2.05, 4.69) is 39.5 Å². The Morgan fingerprint density at radius 1 is 0.778 bits per heavy atom. The Morgan fingerprint density at radius 3 is 2.11 bits per heavy atom. The molecule has 0 radical (unpaired) electrons. The largest absolute Gasteiger partial charge is 0.318 e. The van der Waals surface area contributed by atoms with Crippen LogP contribution in [0.15, 0.2) is 18.2 Å². The maximum Gasteiger partial charge on any atom is 0.0545 e. The maximum atomic E-state index is 4.89. The summed E-state index contributed by atoms with van der Waals surface area (Å²) >= 11 is 0. The first kappa shape index (κ1) is 20.7. The lowest BCUT2D eigenvalue weighted by atomic mass is 9.90. The van der Waals surface area contributed by atoms with Crippen LogP contribution in [0.2, 0.25) is 0 Å². The molecule has 0 aromatic carbocycles. The molecule has 1 aromatic rings. The average Bonchev–Trinajstić information content (AvgIpc) is 2.73. The van der Waals surface area contributed by atoms with Crippen LogP contribution >= 0.6 is 0 Å². The second-order valence-electron chi connectivity index (χ2n) is 8.27. The Morgan fingerprint density at radius 2 is 1.41 bits per heavy atom. The summed E-state index contributed by atoms with van der Waals surface area (Å²) in [4.78, 5) is 4.89. The Balaban J connectivity index is 1.45. The van der Waals surface area contributed by atoms with Crippen LogP contribution < -0.4 is 21.3 Å². The van der Waals surface area contributed by atoms with Gasteiger partial charge in [0.25, 0.3) is 0 Å². The molecule has 0 aliphatic heterocycles. The van der Waals surface area contributed by atoms with Gasteiger partial charge in [-0.3, -0.25) is 4.98 Å². The summed E-state index contributed by atoms with van der Waals surface area (Å²) in [6, 6.07) is 8.30. The third-order valence-electron chi connectivity index (χ3n) is 6.13. The average molecular weight is 374 g/mol. The van der Waals surface area contributed by atoms with Crippen molar-refractivity contribution >= 4 is 0 Å². The van der Waals surface area contributed by atoms with Gasteiger partial charge in [0, 0.05) is 44.3 Å². The van der Waals surface area contributed by atoms with Crippen LogP contribution in [0.4, 0.5) is 0 Å². The number of aromatic nitrogens is 1. The summed E-state index contributed by atoms with van der Waals surface area (Å²) in [5.74, 6) is 0. The van der Waals surface area contributed by atoms with Gasteiger partial charge in [0.15, 0.2) is 0 Å². The molecule has 2 fully saturated rings. The van der Waals surface area contributed by atoms with Crippen molar-refractivity contribution in [2.75, 3.05) is 20.1 Å². The standard InChI is InChI=1S/C22H39N5/c1-23-14-15-24-21-12-5-6-13-22(21)26-17-20-11-7-10-19(27-20)16-25-18-8-3-2-4-9-18/h7,10-11,18,21-26H,2-6,8-9,12-17H2,1H3/t21-,22-/m1/s1. The first-order valence-electron chi connectivity index (χ1n) is 11.1. The molecular weight excluding hydrogens is 334 g/mol. The highest BCUT2D eigenvalue weighted by atomic mass is 15.0. The van der Waals surface area contributed by atoms with Gasteiger partial charge in [-0.25, -0.2) is 0 Å². The first-order chi connectivity index (χ1) is 13.3. The summed E-state index contributed by atoms with van der Waals surface area (Å²) in [7, 11) is 2.01. The molecule has 5 nitrogen and oxygen atoms in total. The SMILES string of the molecule is CNCCN[C@@H]1CCCC[C@H]1NCc1cccc(CNC2CCCCC2)n1. The van der Waals surface area contributed by atoms with Crippen molar-refractivity contribution in [1.29, 1.82) is 0 Å². The van der Waals surface area contributed by atoms with E-state index in [4.69, 9.17) is 4.98 Å². The predicted octanol–water partition coefficient (Wildman–Crippen LogP) is 2.71. The molecule has 3 rings (SSSR count). The van der Waals surface area contributed by atoms with Crippen molar-refractivity contribution < 1.29 is 0 Å². The van der Waals surface area contributed by atoms with E-state index in [-0.39, 0.29) is 0 Å². The van der Waals surface area contributed by atoms with Crippen LogP contribution in [0.3, 0.4) is 0 Å². The van der Waals surface area contributed by atoms with E-state index in [1.54, 1.807) is 0 Å². The third-order valence-corrected chi connectivity index (χ3v) is 6.13. The van der Waals surface area contributed by atoms with Crippen LogP contribution in [-0.4, -0.2) is 43.2 Å². The van der Waals surface area contributed by atoms with E-state index in [1.165, 1.54) is 63.5 Å². The van der Waals surface area contributed by atoms with Crippen LogP contribution in [0.25, 0.3) is 0 Å². The highest BCUT2D eigenvalue weighted by Gasteiger charge is 2.24. The molecule has 0 bridgehead atoms. The number of rotatable bonds is 10. The van der Waals surface area contributed by atoms with E-state index in [9.17, 15) is 0 Å². The molecule has 27 heavy (non-hydrogen) atoms. The second kappa shape index (κ2) is 11.7. The van der Waals surface area contributed by atoms with Crippen LogP contribution in [0, 0.1) is 0 Å². The fourth-order valence-electron chi connectivity index (χ4n) is 4.52. The molecule has 2 aliphatic carbocycles. The number of nitrogens with one attached hydrogen (secondary N) is 4. The molecule has 2 atom stereocenters. The fourth-order valence-corrected chi connectivity index (χ4v) is 4.52. The summed E-state index contributed by atoms with van der Waals surface area (Å²) in [5.41, 5.74) is 2.34. The summed E-state index contributed by atoms with van der Waals surface area (Å²) in [6.45, 7) is 3.84. The number of nitrogens with zero attached hydrogens (tertiary/aromatic N) is 1. The van der Waals surface area contributed by atoms with Crippen LogP contribution in [-0.2, 0) is 13.1 Å².